The van der Waals surface area contributed by atoms with Gasteiger partial charge in [0.25, 0.3) is 0 Å². The minimum atomic E-state index is -3.52. The van der Waals surface area contributed by atoms with E-state index in [-0.39, 0.29) is 10.8 Å². The van der Waals surface area contributed by atoms with Crippen LogP contribution in [0.3, 0.4) is 0 Å². The zero-order valence-corrected chi connectivity index (χ0v) is 10.4. The summed E-state index contributed by atoms with van der Waals surface area (Å²) >= 11 is 0. The molecule has 1 aromatic carbocycles. The van der Waals surface area contributed by atoms with Crippen LogP contribution in [0.1, 0.15) is 6.92 Å². The summed E-state index contributed by atoms with van der Waals surface area (Å²) in [6, 6.07) is 4.19. The zero-order valence-electron chi connectivity index (χ0n) is 9.56. The van der Waals surface area contributed by atoms with E-state index in [1.807, 2.05) is 0 Å². The Labute approximate surface area is 100 Å². The maximum atomic E-state index is 11.6. The maximum absolute atomic E-state index is 11.6. The highest BCUT2D eigenvalue weighted by Gasteiger charge is 2.13. The van der Waals surface area contributed by atoms with Gasteiger partial charge in [0.1, 0.15) is 5.75 Å². The van der Waals surface area contributed by atoms with Gasteiger partial charge in [0.15, 0.2) is 9.84 Å². The Morgan fingerprint density at radius 1 is 1.47 bits per heavy atom. The number of amides is 1. The SMILES string of the molecule is C=CS(=O)(=O)c1ccc(OC)c(NC(C)=O)c1. The summed E-state index contributed by atoms with van der Waals surface area (Å²) in [6.45, 7) is 4.56. The van der Waals surface area contributed by atoms with E-state index in [0.717, 1.165) is 5.41 Å². The summed E-state index contributed by atoms with van der Waals surface area (Å²) in [6.07, 6.45) is 0. The van der Waals surface area contributed by atoms with Crippen molar-refractivity contribution >= 4 is 21.4 Å². The quantitative estimate of drug-likeness (QED) is 0.886. The first-order valence-corrected chi connectivity index (χ1v) is 6.28. The van der Waals surface area contributed by atoms with Gasteiger partial charge >= 0.3 is 0 Å². The standard InChI is InChI=1S/C11H13NO4S/c1-4-17(14,15)9-5-6-11(16-3)10(7-9)12-8(2)13/h4-7H,1H2,2-3H3,(H,12,13). The number of sulfone groups is 1. The van der Waals surface area contributed by atoms with Gasteiger partial charge in [0.05, 0.1) is 17.7 Å². The number of benzene rings is 1. The fourth-order valence-corrected chi connectivity index (χ4v) is 1.98. The molecule has 0 fully saturated rings. The number of hydrogen-bond acceptors (Lipinski definition) is 4. The van der Waals surface area contributed by atoms with E-state index in [9.17, 15) is 13.2 Å². The van der Waals surface area contributed by atoms with Crippen LogP contribution in [0.2, 0.25) is 0 Å². The van der Waals surface area contributed by atoms with Crippen molar-refractivity contribution in [1.29, 1.82) is 0 Å². The smallest absolute Gasteiger partial charge is 0.221 e. The van der Waals surface area contributed by atoms with Crippen molar-refractivity contribution in [3.63, 3.8) is 0 Å². The number of nitrogens with one attached hydrogen (secondary N) is 1. The molecule has 1 amide bonds. The summed E-state index contributed by atoms with van der Waals surface area (Å²) in [5.74, 6) is 0.0830. The molecule has 0 heterocycles. The van der Waals surface area contributed by atoms with Crippen LogP contribution >= 0.6 is 0 Å². The molecular formula is C11H13NO4S. The number of anilines is 1. The van der Waals surface area contributed by atoms with Crippen molar-refractivity contribution in [2.24, 2.45) is 0 Å². The molecule has 0 saturated carbocycles. The van der Waals surface area contributed by atoms with Gasteiger partial charge in [-0.05, 0) is 18.2 Å². The van der Waals surface area contributed by atoms with Crippen molar-refractivity contribution in [2.75, 3.05) is 12.4 Å². The van der Waals surface area contributed by atoms with E-state index < -0.39 is 9.84 Å². The molecule has 0 spiro atoms. The van der Waals surface area contributed by atoms with Crippen LogP contribution in [0.5, 0.6) is 5.75 Å². The van der Waals surface area contributed by atoms with Crippen LogP contribution < -0.4 is 10.1 Å². The molecule has 1 N–H and O–H groups in total. The molecular weight excluding hydrogens is 242 g/mol. The highest BCUT2D eigenvalue weighted by atomic mass is 32.2. The second-order valence-electron chi connectivity index (χ2n) is 3.25. The minimum absolute atomic E-state index is 0.0528. The summed E-state index contributed by atoms with van der Waals surface area (Å²) < 4.78 is 28.1. The minimum Gasteiger partial charge on any atom is -0.495 e. The van der Waals surface area contributed by atoms with Crippen LogP contribution in [0, 0.1) is 0 Å². The van der Waals surface area contributed by atoms with E-state index in [1.165, 1.54) is 32.2 Å². The fraction of sp³-hybridized carbons (Fsp3) is 0.182. The topological polar surface area (TPSA) is 72.5 Å². The molecule has 0 bridgehead atoms. The number of ether oxygens (including phenoxy) is 1. The predicted octanol–water partition coefficient (Wildman–Crippen LogP) is 1.57. The van der Waals surface area contributed by atoms with E-state index in [1.54, 1.807) is 0 Å². The first kappa shape index (κ1) is 13.2. The number of rotatable bonds is 4. The van der Waals surface area contributed by atoms with Crippen LogP contribution in [0.15, 0.2) is 35.1 Å². The lowest BCUT2D eigenvalue weighted by Crippen LogP contribution is -2.08. The highest BCUT2D eigenvalue weighted by Crippen LogP contribution is 2.28. The lowest BCUT2D eigenvalue weighted by Gasteiger charge is -2.10. The summed E-state index contributed by atoms with van der Waals surface area (Å²) in [4.78, 5) is 11.0. The Bertz CT molecular complexity index is 549. The molecule has 1 rings (SSSR count). The van der Waals surface area contributed by atoms with Gasteiger partial charge in [-0.2, -0.15) is 0 Å². The molecule has 0 atom stereocenters. The Hall–Kier alpha value is -1.82. The molecule has 0 aliphatic carbocycles. The third kappa shape index (κ3) is 3.07. The number of carbonyl (C=O) groups excluding carboxylic acids is 1. The van der Waals surface area contributed by atoms with Gasteiger partial charge in [-0.1, -0.05) is 6.58 Å². The molecule has 1 aromatic rings. The van der Waals surface area contributed by atoms with Gasteiger partial charge in [0.2, 0.25) is 5.91 Å². The molecule has 0 unspecified atom stereocenters. The summed E-state index contributed by atoms with van der Waals surface area (Å²) in [5, 5.41) is 3.35. The van der Waals surface area contributed by atoms with Crippen LogP contribution in [0.4, 0.5) is 5.69 Å². The van der Waals surface area contributed by atoms with Crippen molar-refractivity contribution < 1.29 is 17.9 Å². The van der Waals surface area contributed by atoms with Crippen LogP contribution in [0.25, 0.3) is 0 Å². The largest absolute Gasteiger partial charge is 0.495 e. The first-order chi connectivity index (χ1) is 7.90. The van der Waals surface area contributed by atoms with Crippen LogP contribution in [-0.4, -0.2) is 21.4 Å². The first-order valence-electron chi connectivity index (χ1n) is 4.74. The Balaban J connectivity index is 3.31. The van der Waals surface area contributed by atoms with Crippen molar-refractivity contribution in [3.05, 3.63) is 30.2 Å². The fourth-order valence-electron chi connectivity index (χ4n) is 1.25. The number of methoxy groups -OCH3 is 1. The molecule has 0 aromatic heterocycles. The number of hydrogen-bond donors (Lipinski definition) is 1. The van der Waals surface area contributed by atoms with Gasteiger partial charge in [-0.3, -0.25) is 4.79 Å². The normalized spacial score (nSPS) is 10.7. The maximum Gasteiger partial charge on any atom is 0.221 e. The van der Waals surface area contributed by atoms with Gasteiger partial charge in [0, 0.05) is 12.3 Å². The van der Waals surface area contributed by atoms with Crippen molar-refractivity contribution in [1.82, 2.24) is 0 Å². The zero-order chi connectivity index (χ0) is 13.1. The molecule has 92 valence electrons. The monoisotopic (exact) mass is 255 g/mol. The van der Waals surface area contributed by atoms with Crippen LogP contribution in [-0.2, 0) is 14.6 Å². The average molecular weight is 255 g/mol. The van der Waals surface area contributed by atoms with E-state index in [0.29, 0.717) is 11.4 Å². The number of carbonyl (C=O) groups is 1. The third-order valence-corrected chi connectivity index (χ3v) is 3.38. The molecule has 17 heavy (non-hydrogen) atoms. The van der Waals surface area contributed by atoms with Gasteiger partial charge in [-0.25, -0.2) is 8.42 Å². The second-order valence-corrected chi connectivity index (χ2v) is 5.15. The Kier molecular flexibility index (Phi) is 3.90. The van der Waals surface area contributed by atoms with E-state index in [4.69, 9.17) is 4.74 Å². The lowest BCUT2D eigenvalue weighted by atomic mass is 10.3. The summed E-state index contributed by atoms with van der Waals surface area (Å²) in [5.41, 5.74) is 0.308. The predicted molar refractivity (Wildman–Crippen MR) is 64.7 cm³/mol. The molecule has 6 heteroatoms. The van der Waals surface area contributed by atoms with Crippen molar-refractivity contribution in [2.45, 2.75) is 11.8 Å². The molecule has 5 nitrogen and oxygen atoms in total. The molecule has 0 radical (unpaired) electrons. The Morgan fingerprint density at radius 3 is 2.59 bits per heavy atom. The Morgan fingerprint density at radius 2 is 2.12 bits per heavy atom. The molecule has 0 aliphatic rings. The lowest BCUT2D eigenvalue weighted by molar-refractivity contribution is -0.114. The van der Waals surface area contributed by atoms with Crippen molar-refractivity contribution in [3.8, 4) is 5.75 Å². The van der Waals surface area contributed by atoms with Gasteiger partial charge in [-0.15, -0.1) is 0 Å². The van der Waals surface area contributed by atoms with E-state index in [2.05, 4.69) is 11.9 Å². The molecule has 0 saturated heterocycles. The third-order valence-electron chi connectivity index (χ3n) is 2.03. The highest BCUT2D eigenvalue weighted by molar-refractivity contribution is 7.94. The average Bonchev–Trinajstić information content (AvgIpc) is 2.28. The second kappa shape index (κ2) is 5.01. The van der Waals surface area contributed by atoms with E-state index >= 15 is 0 Å². The summed E-state index contributed by atoms with van der Waals surface area (Å²) in [7, 11) is -2.09. The van der Waals surface area contributed by atoms with Gasteiger partial charge < -0.3 is 10.1 Å². The molecule has 0 aliphatic heterocycles.